The van der Waals surface area contributed by atoms with Crippen molar-refractivity contribution in [1.29, 1.82) is 0 Å². The van der Waals surface area contributed by atoms with Crippen LogP contribution < -0.4 is 5.32 Å². The first-order valence-corrected chi connectivity index (χ1v) is 8.23. The molecule has 0 aliphatic rings. The van der Waals surface area contributed by atoms with Crippen LogP contribution in [0.3, 0.4) is 0 Å². The van der Waals surface area contributed by atoms with E-state index in [2.05, 4.69) is 52.9 Å². The number of aryl methyl sites for hydroxylation is 2. The minimum Gasteiger partial charge on any atom is -0.315 e. The Morgan fingerprint density at radius 1 is 0.850 bits per heavy atom. The van der Waals surface area contributed by atoms with Crippen molar-refractivity contribution < 1.29 is 0 Å². The monoisotopic (exact) mass is 275 g/mol. The summed E-state index contributed by atoms with van der Waals surface area (Å²) in [6.45, 7) is 14.6. The lowest BCUT2D eigenvalue weighted by Crippen LogP contribution is -2.23. The summed E-state index contributed by atoms with van der Waals surface area (Å²) in [4.78, 5) is 0. The van der Waals surface area contributed by atoms with Gasteiger partial charge in [-0.15, -0.1) is 0 Å². The molecule has 0 aliphatic carbocycles. The van der Waals surface area contributed by atoms with Crippen LogP contribution in [0.25, 0.3) is 0 Å². The van der Waals surface area contributed by atoms with Crippen molar-refractivity contribution in [2.75, 3.05) is 6.54 Å². The van der Waals surface area contributed by atoms with Gasteiger partial charge in [-0.3, -0.25) is 0 Å². The largest absolute Gasteiger partial charge is 0.315 e. The Labute approximate surface area is 126 Å². The van der Waals surface area contributed by atoms with Crippen molar-refractivity contribution in [3.8, 4) is 0 Å². The maximum atomic E-state index is 3.49. The highest BCUT2D eigenvalue weighted by atomic mass is 14.9. The third-order valence-electron chi connectivity index (χ3n) is 4.43. The van der Waals surface area contributed by atoms with Crippen molar-refractivity contribution in [1.82, 2.24) is 5.32 Å². The summed E-state index contributed by atoms with van der Waals surface area (Å²) in [5, 5.41) is 3.49. The first kappa shape index (κ1) is 17.2. The minimum atomic E-state index is 0.621. The van der Waals surface area contributed by atoms with E-state index in [4.69, 9.17) is 0 Å². The molecule has 0 saturated heterocycles. The van der Waals surface area contributed by atoms with Crippen LogP contribution in [0.5, 0.6) is 0 Å². The Bertz CT molecular complexity index is 392. The molecule has 0 atom stereocenters. The molecule has 0 saturated carbocycles. The molecule has 0 heterocycles. The number of nitrogens with one attached hydrogen (secondary N) is 1. The van der Waals surface area contributed by atoms with Gasteiger partial charge in [0, 0.05) is 6.04 Å². The van der Waals surface area contributed by atoms with E-state index in [-0.39, 0.29) is 0 Å². The number of benzene rings is 1. The predicted molar refractivity (Wildman–Crippen MR) is 90.7 cm³/mol. The summed E-state index contributed by atoms with van der Waals surface area (Å²) in [6.07, 6.45) is 6.58. The molecule has 0 bridgehead atoms. The van der Waals surface area contributed by atoms with E-state index in [9.17, 15) is 0 Å². The third kappa shape index (κ3) is 5.28. The van der Waals surface area contributed by atoms with Gasteiger partial charge in [-0.2, -0.15) is 0 Å². The van der Waals surface area contributed by atoms with Crippen LogP contribution in [-0.2, 0) is 6.42 Å². The maximum absolute atomic E-state index is 3.49. The molecular weight excluding hydrogens is 242 g/mol. The van der Waals surface area contributed by atoms with Crippen LogP contribution in [0.4, 0.5) is 0 Å². The van der Waals surface area contributed by atoms with E-state index < -0.39 is 0 Å². The molecule has 0 spiro atoms. The Morgan fingerprint density at radius 2 is 1.40 bits per heavy atom. The van der Waals surface area contributed by atoms with Crippen molar-refractivity contribution in [3.05, 3.63) is 33.9 Å². The molecule has 0 aliphatic heterocycles. The van der Waals surface area contributed by atoms with E-state index >= 15 is 0 Å². The van der Waals surface area contributed by atoms with Crippen LogP contribution in [0.1, 0.15) is 67.3 Å². The van der Waals surface area contributed by atoms with E-state index in [1.54, 1.807) is 5.56 Å². The van der Waals surface area contributed by atoms with E-state index in [0.717, 1.165) is 0 Å². The van der Waals surface area contributed by atoms with Gasteiger partial charge >= 0.3 is 0 Å². The molecule has 1 aromatic carbocycles. The summed E-state index contributed by atoms with van der Waals surface area (Å²) in [7, 11) is 0. The number of hydrogen-bond donors (Lipinski definition) is 1. The lowest BCUT2D eigenvalue weighted by molar-refractivity contribution is 0.541. The second-order valence-electron chi connectivity index (χ2n) is 6.51. The molecule has 0 radical (unpaired) electrons. The van der Waals surface area contributed by atoms with Crippen molar-refractivity contribution >= 4 is 0 Å². The Hall–Kier alpha value is -0.820. The highest BCUT2D eigenvalue weighted by Crippen LogP contribution is 2.23. The molecule has 1 N–H and O–H groups in total. The second-order valence-corrected chi connectivity index (χ2v) is 6.51. The van der Waals surface area contributed by atoms with Crippen LogP contribution in [-0.4, -0.2) is 12.6 Å². The van der Waals surface area contributed by atoms with Gasteiger partial charge in [0.05, 0.1) is 0 Å². The average molecular weight is 275 g/mol. The first-order chi connectivity index (χ1) is 9.43. The van der Waals surface area contributed by atoms with Crippen LogP contribution in [0.2, 0.25) is 0 Å². The third-order valence-corrected chi connectivity index (χ3v) is 4.43. The summed E-state index contributed by atoms with van der Waals surface area (Å²) < 4.78 is 0. The zero-order chi connectivity index (χ0) is 15.1. The van der Waals surface area contributed by atoms with Gasteiger partial charge in [0.1, 0.15) is 0 Å². The first-order valence-electron chi connectivity index (χ1n) is 8.23. The van der Waals surface area contributed by atoms with Crippen molar-refractivity contribution in [2.45, 2.75) is 79.7 Å². The lowest BCUT2D eigenvalue weighted by atomic mass is 9.91. The Morgan fingerprint density at radius 3 is 1.95 bits per heavy atom. The zero-order valence-corrected chi connectivity index (χ0v) is 14.4. The second kappa shape index (κ2) is 8.46. The smallest absolute Gasteiger partial charge is 0.00103 e. The molecule has 0 unspecified atom stereocenters. The summed E-state index contributed by atoms with van der Waals surface area (Å²) >= 11 is 0. The fourth-order valence-electron chi connectivity index (χ4n) is 2.84. The van der Waals surface area contributed by atoms with E-state index in [1.807, 2.05) is 0 Å². The van der Waals surface area contributed by atoms with Gasteiger partial charge < -0.3 is 5.32 Å². The van der Waals surface area contributed by atoms with Crippen molar-refractivity contribution in [2.24, 2.45) is 0 Å². The average Bonchev–Trinajstić information content (AvgIpc) is 2.38. The van der Waals surface area contributed by atoms with Crippen LogP contribution in [0, 0.1) is 27.7 Å². The highest BCUT2D eigenvalue weighted by Gasteiger charge is 2.07. The number of hydrogen-bond acceptors (Lipinski definition) is 1. The summed E-state index contributed by atoms with van der Waals surface area (Å²) in [5.74, 6) is 0. The molecule has 20 heavy (non-hydrogen) atoms. The standard InChI is InChI=1S/C19H33N/c1-14(2)20-12-10-8-7-9-11-19-17(5)15(3)13-16(4)18(19)6/h13-14,20H,7-12H2,1-6H3. The Balaban J connectivity index is 2.36. The molecular formula is C19H33N. The molecule has 114 valence electrons. The molecule has 0 fully saturated rings. The van der Waals surface area contributed by atoms with Crippen molar-refractivity contribution in [3.63, 3.8) is 0 Å². The van der Waals surface area contributed by atoms with Gasteiger partial charge in [-0.1, -0.05) is 32.8 Å². The molecule has 1 rings (SSSR count). The van der Waals surface area contributed by atoms with Crippen LogP contribution in [0.15, 0.2) is 6.07 Å². The Kier molecular flexibility index (Phi) is 7.29. The molecule has 1 aromatic rings. The van der Waals surface area contributed by atoms with Gasteiger partial charge in [0.25, 0.3) is 0 Å². The zero-order valence-electron chi connectivity index (χ0n) is 14.4. The molecule has 1 heteroatoms. The minimum absolute atomic E-state index is 0.621. The summed E-state index contributed by atoms with van der Waals surface area (Å²) in [6, 6.07) is 2.95. The van der Waals surface area contributed by atoms with Gasteiger partial charge in [-0.25, -0.2) is 0 Å². The number of unbranched alkanes of at least 4 members (excludes halogenated alkanes) is 3. The fraction of sp³-hybridized carbons (Fsp3) is 0.684. The molecule has 0 aromatic heterocycles. The van der Waals surface area contributed by atoms with Gasteiger partial charge in [-0.05, 0) is 81.3 Å². The number of rotatable bonds is 8. The van der Waals surface area contributed by atoms with Gasteiger partial charge in [0.2, 0.25) is 0 Å². The maximum Gasteiger partial charge on any atom is 0.00103 e. The van der Waals surface area contributed by atoms with Crippen LogP contribution >= 0.6 is 0 Å². The topological polar surface area (TPSA) is 12.0 Å². The molecule has 1 nitrogen and oxygen atoms in total. The van der Waals surface area contributed by atoms with E-state index in [1.165, 1.54) is 60.9 Å². The normalized spacial score (nSPS) is 11.3. The van der Waals surface area contributed by atoms with Gasteiger partial charge in [0.15, 0.2) is 0 Å². The lowest BCUT2D eigenvalue weighted by Gasteiger charge is -2.15. The molecule has 0 amide bonds. The van der Waals surface area contributed by atoms with E-state index in [0.29, 0.717) is 6.04 Å². The predicted octanol–water partition coefficient (Wildman–Crippen LogP) is 5.02. The fourth-order valence-corrected chi connectivity index (χ4v) is 2.84. The SMILES string of the molecule is Cc1cc(C)c(C)c(CCCCCCNC(C)C)c1C. The summed E-state index contributed by atoms with van der Waals surface area (Å²) in [5.41, 5.74) is 7.51. The quantitative estimate of drug-likeness (QED) is 0.657. The highest BCUT2D eigenvalue weighted by molar-refractivity contribution is 5.43.